The van der Waals surface area contributed by atoms with E-state index in [4.69, 9.17) is 5.11 Å². The second kappa shape index (κ2) is 5.09. The van der Waals surface area contributed by atoms with Crippen molar-refractivity contribution < 1.29 is 14.7 Å². The molecule has 1 amide bonds. The van der Waals surface area contributed by atoms with Crippen LogP contribution in [0.25, 0.3) is 0 Å². The first kappa shape index (κ1) is 11.8. The van der Waals surface area contributed by atoms with Crippen LogP contribution in [0.15, 0.2) is 30.6 Å². The number of aromatic carboxylic acids is 1. The van der Waals surface area contributed by atoms with Gasteiger partial charge in [0.2, 0.25) is 5.91 Å². The minimum absolute atomic E-state index is 0.116. The quantitative estimate of drug-likeness (QED) is 0.735. The molecule has 0 fully saturated rings. The van der Waals surface area contributed by atoms with Crippen molar-refractivity contribution in [3.8, 4) is 0 Å². The minimum Gasteiger partial charge on any atom is -0.477 e. The zero-order chi connectivity index (χ0) is 13.0. The molecular weight excluding hydrogens is 236 g/mol. The Bertz CT molecular complexity index is 565. The van der Waals surface area contributed by atoms with Crippen LogP contribution in [0, 0.1) is 0 Å². The second-order valence-corrected chi connectivity index (χ2v) is 3.54. The number of carbonyl (C=O) groups excluding carboxylic acids is 1. The van der Waals surface area contributed by atoms with Crippen LogP contribution in [0.5, 0.6) is 0 Å². The fourth-order valence-electron chi connectivity index (χ4n) is 1.39. The molecule has 0 aliphatic rings. The molecule has 0 saturated heterocycles. The number of anilines is 1. The van der Waals surface area contributed by atoms with Crippen LogP contribution < -0.4 is 5.32 Å². The minimum atomic E-state index is -1.14. The van der Waals surface area contributed by atoms with Crippen LogP contribution >= 0.6 is 0 Å². The molecule has 0 atom stereocenters. The fraction of sp³-hybridized carbons (Fsp3) is 0.0909. The van der Waals surface area contributed by atoms with Crippen molar-refractivity contribution in [3.05, 3.63) is 42.0 Å². The van der Waals surface area contributed by atoms with Crippen molar-refractivity contribution in [2.75, 3.05) is 5.32 Å². The number of aromatic amines is 1. The number of aromatic nitrogens is 3. The van der Waals surface area contributed by atoms with E-state index in [0.717, 1.165) is 0 Å². The number of carboxylic acids is 1. The third-order valence-corrected chi connectivity index (χ3v) is 2.17. The number of hydrogen-bond donors (Lipinski definition) is 3. The predicted octanol–water partition coefficient (Wildman–Crippen LogP) is 0.684. The van der Waals surface area contributed by atoms with E-state index in [1.807, 2.05) is 0 Å². The third-order valence-electron chi connectivity index (χ3n) is 2.17. The van der Waals surface area contributed by atoms with Crippen molar-refractivity contribution in [3.63, 3.8) is 0 Å². The largest absolute Gasteiger partial charge is 0.477 e. The molecule has 7 nitrogen and oxygen atoms in total. The molecule has 2 aromatic rings. The lowest BCUT2D eigenvalue weighted by Gasteiger charge is -2.04. The third kappa shape index (κ3) is 2.91. The number of hydrogen-bond acceptors (Lipinski definition) is 4. The standard InChI is InChI=1S/C11H10N4O3/c16-10(6-8-2-4-13-15-8)14-7-1-3-12-9(5-7)11(17)18/h1-5H,6H2,(H,13,15)(H,17,18)(H,12,14,16). The highest BCUT2D eigenvalue weighted by Gasteiger charge is 2.08. The van der Waals surface area contributed by atoms with Crippen LogP contribution in [0.1, 0.15) is 16.2 Å². The van der Waals surface area contributed by atoms with E-state index in [1.54, 1.807) is 12.3 Å². The number of amides is 1. The molecule has 0 aliphatic heterocycles. The molecule has 0 radical (unpaired) electrons. The average Bonchev–Trinajstić information content (AvgIpc) is 2.82. The molecule has 2 heterocycles. The van der Waals surface area contributed by atoms with Gasteiger partial charge in [-0.2, -0.15) is 5.10 Å². The van der Waals surface area contributed by atoms with Gasteiger partial charge in [-0.15, -0.1) is 0 Å². The van der Waals surface area contributed by atoms with Crippen LogP contribution in [0.4, 0.5) is 5.69 Å². The van der Waals surface area contributed by atoms with Gasteiger partial charge < -0.3 is 10.4 Å². The Hall–Kier alpha value is -2.70. The number of nitrogens with one attached hydrogen (secondary N) is 2. The zero-order valence-corrected chi connectivity index (χ0v) is 9.25. The molecule has 0 saturated carbocycles. The van der Waals surface area contributed by atoms with Gasteiger partial charge >= 0.3 is 5.97 Å². The van der Waals surface area contributed by atoms with Gasteiger partial charge in [0.1, 0.15) is 5.69 Å². The summed E-state index contributed by atoms with van der Waals surface area (Å²) in [5.41, 5.74) is 0.960. The number of H-pyrrole nitrogens is 1. The first-order chi connectivity index (χ1) is 8.65. The lowest BCUT2D eigenvalue weighted by Crippen LogP contribution is -2.15. The molecule has 7 heteroatoms. The highest BCUT2D eigenvalue weighted by molar-refractivity contribution is 5.93. The summed E-state index contributed by atoms with van der Waals surface area (Å²) in [5.74, 6) is -1.40. The number of nitrogens with zero attached hydrogens (tertiary/aromatic N) is 2. The van der Waals surface area contributed by atoms with E-state index in [-0.39, 0.29) is 18.0 Å². The summed E-state index contributed by atoms with van der Waals surface area (Å²) in [7, 11) is 0. The number of pyridine rings is 1. The van der Waals surface area contributed by atoms with Gasteiger partial charge in [-0.05, 0) is 18.2 Å². The van der Waals surface area contributed by atoms with Crippen molar-refractivity contribution in [1.29, 1.82) is 0 Å². The van der Waals surface area contributed by atoms with E-state index in [9.17, 15) is 9.59 Å². The number of carbonyl (C=O) groups is 2. The van der Waals surface area contributed by atoms with E-state index < -0.39 is 5.97 Å². The molecule has 2 aromatic heterocycles. The average molecular weight is 246 g/mol. The lowest BCUT2D eigenvalue weighted by molar-refractivity contribution is -0.115. The molecule has 3 N–H and O–H groups in total. The van der Waals surface area contributed by atoms with Crippen molar-refractivity contribution in [2.24, 2.45) is 0 Å². The van der Waals surface area contributed by atoms with Crippen LogP contribution in [-0.4, -0.2) is 32.2 Å². The molecule has 18 heavy (non-hydrogen) atoms. The Balaban J connectivity index is 2.03. The van der Waals surface area contributed by atoms with Gasteiger partial charge in [-0.3, -0.25) is 9.89 Å². The topological polar surface area (TPSA) is 108 Å². The Morgan fingerprint density at radius 2 is 2.17 bits per heavy atom. The van der Waals surface area contributed by atoms with Crippen LogP contribution in [0.3, 0.4) is 0 Å². The van der Waals surface area contributed by atoms with Crippen LogP contribution in [-0.2, 0) is 11.2 Å². The van der Waals surface area contributed by atoms with Crippen molar-refractivity contribution in [1.82, 2.24) is 15.2 Å². The fourth-order valence-corrected chi connectivity index (χ4v) is 1.39. The maximum Gasteiger partial charge on any atom is 0.354 e. The first-order valence-corrected chi connectivity index (χ1v) is 5.12. The monoisotopic (exact) mass is 246 g/mol. The van der Waals surface area contributed by atoms with Gasteiger partial charge in [0, 0.05) is 23.8 Å². The van der Waals surface area contributed by atoms with Crippen molar-refractivity contribution in [2.45, 2.75) is 6.42 Å². The van der Waals surface area contributed by atoms with E-state index >= 15 is 0 Å². The Labute approximate surface area is 102 Å². The predicted molar refractivity (Wildman–Crippen MR) is 62.1 cm³/mol. The van der Waals surface area contributed by atoms with Gasteiger partial charge in [-0.25, -0.2) is 9.78 Å². The summed E-state index contributed by atoms with van der Waals surface area (Å²) in [4.78, 5) is 26.0. The molecule has 0 spiro atoms. The van der Waals surface area contributed by atoms with Crippen molar-refractivity contribution >= 4 is 17.6 Å². The van der Waals surface area contributed by atoms with Crippen LogP contribution in [0.2, 0.25) is 0 Å². The van der Waals surface area contributed by atoms with E-state index in [1.165, 1.54) is 18.3 Å². The Kier molecular flexibility index (Phi) is 3.33. The van der Waals surface area contributed by atoms with E-state index in [0.29, 0.717) is 11.4 Å². The second-order valence-electron chi connectivity index (χ2n) is 3.54. The van der Waals surface area contributed by atoms with Gasteiger partial charge in [0.25, 0.3) is 0 Å². The van der Waals surface area contributed by atoms with Gasteiger partial charge in [0.15, 0.2) is 0 Å². The lowest BCUT2D eigenvalue weighted by atomic mass is 10.2. The molecule has 2 rings (SSSR count). The maximum absolute atomic E-state index is 11.6. The van der Waals surface area contributed by atoms with E-state index in [2.05, 4.69) is 20.5 Å². The Morgan fingerprint density at radius 1 is 1.33 bits per heavy atom. The summed E-state index contributed by atoms with van der Waals surface area (Å²) < 4.78 is 0. The molecule has 0 unspecified atom stereocenters. The van der Waals surface area contributed by atoms with Gasteiger partial charge in [-0.1, -0.05) is 0 Å². The summed E-state index contributed by atoms with van der Waals surface area (Å²) in [6, 6.07) is 4.51. The summed E-state index contributed by atoms with van der Waals surface area (Å²) in [6.45, 7) is 0. The molecule has 92 valence electrons. The van der Waals surface area contributed by atoms with Gasteiger partial charge in [0.05, 0.1) is 6.42 Å². The Morgan fingerprint density at radius 3 is 2.83 bits per heavy atom. The zero-order valence-electron chi connectivity index (χ0n) is 9.25. The summed E-state index contributed by atoms with van der Waals surface area (Å²) in [5, 5.41) is 17.7. The molecule has 0 bridgehead atoms. The highest BCUT2D eigenvalue weighted by atomic mass is 16.4. The maximum atomic E-state index is 11.6. The number of carboxylic acid groups (broad SMARTS) is 1. The molecule has 0 aliphatic carbocycles. The normalized spacial score (nSPS) is 10.0. The first-order valence-electron chi connectivity index (χ1n) is 5.12. The molecule has 0 aromatic carbocycles. The smallest absolute Gasteiger partial charge is 0.354 e. The highest BCUT2D eigenvalue weighted by Crippen LogP contribution is 2.08. The SMILES string of the molecule is O=C(Cc1ccn[nH]1)Nc1ccnc(C(=O)O)c1. The summed E-state index contributed by atoms with van der Waals surface area (Å²) >= 11 is 0. The number of rotatable bonds is 4. The molecular formula is C11H10N4O3. The summed E-state index contributed by atoms with van der Waals surface area (Å²) in [6.07, 6.45) is 3.03.